The molecule has 3 rings (SSSR count). The third-order valence-corrected chi connectivity index (χ3v) is 3.41. The number of anilines is 2. The first kappa shape index (κ1) is 13.6. The molecule has 0 atom stereocenters. The number of pyridine rings is 1. The molecule has 1 aliphatic rings. The molecule has 3 N–H and O–H groups in total. The maximum absolute atomic E-state index is 5.85. The first-order valence-corrected chi connectivity index (χ1v) is 6.87. The van der Waals surface area contributed by atoms with Gasteiger partial charge in [0.05, 0.1) is 12.8 Å². The van der Waals surface area contributed by atoms with Crippen LogP contribution in [-0.2, 0) is 0 Å². The van der Waals surface area contributed by atoms with Crippen LogP contribution < -0.4 is 20.7 Å². The molecule has 7 heteroatoms. The zero-order valence-electron chi connectivity index (χ0n) is 11.9. The maximum atomic E-state index is 5.85. The Bertz CT molecular complexity index is 609. The molecule has 3 heterocycles. The lowest BCUT2D eigenvalue weighted by molar-refractivity contribution is 0.398. The van der Waals surface area contributed by atoms with E-state index in [4.69, 9.17) is 10.5 Å². The van der Waals surface area contributed by atoms with Crippen molar-refractivity contribution in [2.75, 3.05) is 43.9 Å². The fourth-order valence-corrected chi connectivity index (χ4v) is 2.31. The van der Waals surface area contributed by atoms with E-state index in [1.165, 1.54) is 0 Å². The van der Waals surface area contributed by atoms with Crippen molar-refractivity contribution in [1.82, 2.24) is 20.3 Å². The van der Waals surface area contributed by atoms with Gasteiger partial charge in [-0.2, -0.15) is 4.98 Å². The van der Waals surface area contributed by atoms with Crippen LogP contribution in [0.15, 0.2) is 24.4 Å². The lowest BCUT2D eigenvalue weighted by atomic mass is 10.2. The van der Waals surface area contributed by atoms with Crippen molar-refractivity contribution in [1.29, 1.82) is 0 Å². The van der Waals surface area contributed by atoms with E-state index < -0.39 is 0 Å². The highest BCUT2D eigenvalue weighted by molar-refractivity contribution is 5.64. The van der Waals surface area contributed by atoms with Crippen molar-refractivity contribution in [2.24, 2.45) is 0 Å². The van der Waals surface area contributed by atoms with Crippen molar-refractivity contribution >= 4 is 11.8 Å². The van der Waals surface area contributed by atoms with E-state index in [9.17, 15) is 0 Å². The molecule has 2 aromatic rings. The number of nitrogens with two attached hydrogens (primary N) is 1. The van der Waals surface area contributed by atoms with Gasteiger partial charge in [-0.05, 0) is 6.07 Å². The van der Waals surface area contributed by atoms with E-state index in [0.29, 0.717) is 5.88 Å². The Hall–Kier alpha value is -2.41. The average molecular weight is 286 g/mol. The summed E-state index contributed by atoms with van der Waals surface area (Å²) in [5.74, 6) is 1.70. The van der Waals surface area contributed by atoms with Crippen LogP contribution in [0.5, 0.6) is 5.88 Å². The molecule has 0 spiro atoms. The number of aromatic nitrogens is 3. The van der Waals surface area contributed by atoms with Crippen LogP contribution in [0.25, 0.3) is 11.3 Å². The average Bonchev–Trinajstić information content (AvgIpc) is 2.55. The first-order chi connectivity index (χ1) is 10.3. The number of piperazine rings is 1. The predicted molar refractivity (Wildman–Crippen MR) is 81.3 cm³/mol. The number of hydrogen-bond acceptors (Lipinski definition) is 7. The number of nitrogens with zero attached hydrogens (tertiary/aromatic N) is 4. The van der Waals surface area contributed by atoms with Crippen LogP contribution in [-0.4, -0.2) is 48.2 Å². The van der Waals surface area contributed by atoms with Gasteiger partial charge in [0.1, 0.15) is 5.82 Å². The molecule has 2 aromatic heterocycles. The normalized spacial score (nSPS) is 15.0. The van der Waals surface area contributed by atoms with E-state index in [1.807, 2.05) is 12.1 Å². The number of methoxy groups -OCH3 is 1. The summed E-state index contributed by atoms with van der Waals surface area (Å²) in [6.07, 6.45) is 1.72. The molecule has 1 fully saturated rings. The lowest BCUT2D eigenvalue weighted by Crippen LogP contribution is -2.44. The van der Waals surface area contributed by atoms with Gasteiger partial charge < -0.3 is 20.7 Å². The van der Waals surface area contributed by atoms with E-state index in [0.717, 1.165) is 43.3 Å². The van der Waals surface area contributed by atoms with Crippen molar-refractivity contribution in [2.45, 2.75) is 0 Å². The monoisotopic (exact) mass is 286 g/mol. The summed E-state index contributed by atoms with van der Waals surface area (Å²) in [6, 6.07) is 5.67. The molecule has 0 unspecified atom stereocenters. The van der Waals surface area contributed by atoms with E-state index in [-0.39, 0.29) is 5.95 Å². The topological polar surface area (TPSA) is 89.2 Å². The minimum absolute atomic E-state index is 0.275. The summed E-state index contributed by atoms with van der Waals surface area (Å²) < 4.78 is 5.06. The van der Waals surface area contributed by atoms with E-state index in [2.05, 4.69) is 25.2 Å². The number of nitrogen functional groups attached to an aromatic ring is 1. The molecule has 0 bridgehead atoms. The number of ether oxygens (including phenoxy) is 1. The van der Waals surface area contributed by atoms with Gasteiger partial charge in [0.15, 0.2) is 0 Å². The highest BCUT2D eigenvalue weighted by Gasteiger charge is 2.14. The molecule has 0 saturated carbocycles. The van der Waals surface area contributed by atoms with Gasteiger partial charge in [-0.15, -0.1) is 0 Å². The van der Waals surface area contributed by atoms with Crippen LogP contribution in [0.1, 0.15) is 0 Å². The Balaban J connectivity index is 1.92. The van der Waals surface area contributed by atoms with E-state index in [1.54, 1.807) is 19.4 Å². The summed E-state index contributed by atoms with van der Waals surface area (Å²) in [6.45, 7) is 3.72. The Morgan fingerprint density at radius 1 is 1.24 bits per heavy atom. The quantitative estimate of drug-likeness (QED) is 0.851. The third-order valence-electron chi connectivity index (χ3n) is 3.41. The largest absolute Gasteiger partial charge is 0.481 e. The molecule has 7 nitrogen and oxygen atoms in total. The second kappa shape index (κ2) is 5.92. The van der Waals surface area contributed by atoms with E-state index >= 15 is 0 Å². The summed E-state index contributed by atoms with van der Waals surface area (Å²) in [7, 11) is 1.59. The van der Waals surface area contributed by atoms with Gasteiger partial charge in [-0.25, -0.2) is 9.97 Å². The molecule has 1 aliphatic heterocycles. The minimum atomic E-state index is 0.275. The molecule has 0 aliphatic carbocycles. The van der Waals surface area contributed by atoms with Gasteiger partial charge >= 0.3 is 0 Å². The summed E-state index contributed by atoms with van der Waals surface area (Å²) >= 11 is 0. The van der Waals surface area contributed by atoms with Crippen molar-refractivity contribution in [3.63, 3.8) is 0 Å². The van der Waals surface area contributed by atoms with Crippen molar-refractivity contribution in [3.8, 4) is 17.1 Å². The van der Waals surface area contributed by atoms with Crippen LogP contribution in [0.4, 0.5) is 11.8 Å². The van der Waals surface area contributed by atoms with Crippen LogP contribution in [0.3, 0.4) is 0 Å². The smallest absolute Gasteiger partial charge is 0.222 e. The molecule has 1 saturated heterocycles. The van der Waals surface area contributed by atoms with Gasteiger partial charge in [-0.3, -0.25) is 0 Å². The molecule has 110 valence electrons. The Kier molecular flexibility index (Phi) is 3.83. The number of hydrogen-bond donors (Lipinski definition) is 2. The Morgan fingerprint density at radius 2 is 2.05 bits per heavy atom. The fourth-order valence-electron chi connectivity index (χ4n) is 2.31. The summed E-state index contributed by atoms with van der Waals surface area (Å²) in [5.41, 5.74) is 7.51. The van der Waals surface area contributed by atoms with Gasteiger partial charge in [0.2, 0.25) is 11.8 Å². The molecule has 0 radical (unpaired) electrons. The molecule has 0 aromatic carbocycles. The summed E-state index contributed by atoms with van der Waals surface area (Å²) in [4.78, 5) is 15.0. The Labute approximate surface area is 123 Å². The van der Waals surface area contributed by atoms with Crippen LogP contribution in [0, 0.1) is 0 Å². The van der Waals surface area contributed by atoms with Gasteiger partial charge in [0, 0.05) is 50.1 Å². The SMILES string of the molecule is COc1ccc(-c2cc(N3CCNCC3)nc(N)n2)cn1. The van der Waals surface area contributed by atoms with Crippen LogP contribution >= 0.6 is 0 Å². The van der Waals surface area contributed by atoms with Crippen LogP contribution in [0.2, 0.25) is 0 Å². The zero-order valence-corrected chi connectivity index (χ0v) is 11.9. The van der Waals surface area contributed by atoms with Crippen molar-refractivity contribution in [3.05, 3.63) is 24.4 Å². The van der Waals surface area contributed by atoms with Gasteiger partial charge in [-0.1, -0.05) is 0 Å². The Morgan fingerprint density at radius 3 is 2.71 bits per heavy atom. The number of nitrogens with one attached hydrogen (secondary N) is 1. The van der Waals surface area contributed by atoms with Gasteiger partial charge in [0.25, 0.3) is 0 Å². The maximum Gasteiger partial charge on any atom is 0.222 e. The standard InChI is InChI=1S/C14H18N6O/c1-21-13-3-2-10(9-17-13)11-8-12(19-14(15)18-11)20-6-4-16-5-7-20/h2-3,8-9,16H,4-7H2,1H3,(H2,15,18,19). The highest BCUT2D eigenvalue weighted by Crippen LogP contribution is 2.23. The minimum Gasteiger partial charge on any atom is -0.481 e. The molecular weight excluding hydrogens is 268 g/mol. The highest BCUT2D eigenvalue weighted by atomic mass is 16.5. The third kappa shape index (κ3) is 3.03. The molecular formula is C14H18N6O. The molecule has 21 heavy (non-hydrogen) atoms. The molecule has 0 amide bonds. The van der Waals surface area contributed by atoms with Crippen molar-refractivity contribution < 1.29 is 4.74 Å². The summed E-state index contributed by atoms with van der Waals surface area (Å²) in [5, 5.41) is 3.32. The second-order valence-electron chi connectivity index (χ2n) is 4.80. The first-order valence-electron chi connectivity index (χ1n) is 6.87. The lowest BCUT2D eigenvalue weighted by Gasteiger charge is -2.28. The predicted octanol–water partition coefficient (Wildman–Crippen LogP) is 0.539. The second-order valence-corrected chi connectivity index (χ2v) is 4.80. The number of rotatable bonds is 3. The zero-order chi connectivity index (χ0) is 14.7. The fraction of sp³-hybridized carbons (Fsp3) is 0.357.